The largest absolute Gasteiger partial charge is 0.496 e. The smallest absolute Gasteiger partial charge is 0.169 e. The molecule has 3 rings (SSSR count). The number of ether oxygens (including phenoxy) is 2. The van der Waals surface area contributed by atoms with Gasteiger partial charge in [-0.2, -0.15) is 0 Å². The number of carbonyl (C=O) groups is 2. The number of hydrogen-bond acceptors (Lipinski definition) is 4. The zero-order chi connectivity index (χ0) is 21.7. The summed E-state index contributed by atoms with van der Waals surface area (Å²) in [6, 6.07) is 8.06. The van der Waals surface area contributed by atoms with Gasteiger partial charge in [0.2, 0.25) is 0 Å². The van der Waals surface area contributed by atoms with Crippen LogP contribution in [0.3, 0.4) is 0 Å². The molecule has 1 fully saturated rings. The average molecular weight is 412 g/mol. The van der Waals surface area contributed by atoms with Crippen molar-refractivity contribution in [3.8, 4) is 11.5 Å². The van der Waals surface area contributed by atoms with Crippen LogP contribution in [0.2, 0.25) is 0 Å². The molecule has 156 valence electrons. The van der Waals surface area contributed by atoms with Crippen LogP contribution in [0.25, 0.3) is 12.2 Å². The van der Waals surface area contributed by atoms with Crippen molar-refractivity contribution < 1.29 is 27.8 Å². The van der Waals surface area contributed by atoms with Crippen LogP contribution in [0.1, 0.15) is 30.4 Å². The van der Waals surface area contributed by atoms with Crippen molar-refractivity contribution >= 4 is 23.7 Å². The van der Waals surface area contributed by atoms with E-state index < -0.39 is 17.6 Å². The van der Waals surface area contributed by atoms with E-state index >= 15 is 0 Å². The third-order valence-corrected chi connectivity index (χ3v) is 5.06. The molecular formula is C24H22F2O4. The Hall–Kier alpha value is -3.28. The van der Waals surface area contributed by atoms with Crippen molar-refractivity contribution in [2.75, 3.05) is 14.2 Å². The molecule has 30 heavy (non-hydrogen) atoms. The van der Waals surface area contributed by atoms with Crippen LogP contribution >= 0.6 is 0 Å². The fraction of sp³-hybridized carbons (Fsp3) is 0.250. The lowest BCUT2D eigenvalue weighted by Crippen LogP contribution is -2.27. The van der Waals surface area contributed by atoms with E-state index in [2.05, 4.69) is 0 Å². The number of halogens is 2. The fourth-order valence-electron chi connectivity index (χ4n) is 3.52. The molecule has 1 aliphatic rings. The van der Waals surface area contributed by atoms with E-state index in [1.54, 1.807) is 6.08 Å². The number of hydrogen-bond donors (Lipinski definition) is 0. The highest BCUT2D eigenvalue weighted by molar-refractivity contribution is 6.16. The maximum Gasteiger partial charge on any atom is 0.169 e. The molecule has 6 heteroatoms. The van der Waals surface area contributed by atoms with Crippen LogP contribution < -0.4 is 9.47 Å². The Morgan fingerprint density at radius 1 is 1.00 bits per heavy atom. The third-order valence-electron chi connectivity index (χ3n) is 5.06. The minimum Gasteiger partial charge on any atom is -0.496 e. The van der Waals surface area contributed by atoms with Crippen molar-refractivity contribution in [3.63, 3.8) is 0 Å². The van der Waals surface area contributed by atoms with E-state index in [-0.39, 0.29) is 11.6 Å². The molecule has 0 N–H and O–H groups in total. The first-order valence-electron chi connectivity index (χ1n) is 9.56. The second-order valence-corrected chi connectivity index (χ2v) is 6.99. The number of Topliss-reactive ketones (excluding diaryl/α,β-unsaturated/α-hetero) is 1. The normalized spacial score (nSPS) is 18.1. The van der Waals surface area contributed by atoms with Gasteiger partial charge in [-0.15, -0.1) is 0 Å². The lowest BCUT2D eigenvalue weighted by Gasteiger charge is -2.21. The molecule has 0 saturated heterocycles. The molecule has 1 saturated carbocycles. The Balaban J connectivity index is 1.82. The topological polar surface area (TPSA) is 52.6 Å². The van der Waals surface area contributed by atoms with Crippen molar-refractivity contribution in [1.82, 2.24) is 0 Å². The van der Waals surface area contributed by atoms with Crippen molar-refractivity contribution in [1.29, 1.82) is 0 Å². The summed E-state index contributed by atoms with van der Waals surface area (Å²) in [5, 5.41) is 0. The SMILES string of the molecule is COc1ccc(F)cc1/C=C/C(=O)C1CCC/C(=C\c2cc(F)ccc2OC)C1=O. The van der Waals surface area contributed by atoms with Gasteiger partial charge in [0.1, 0.15) is 23.1 Å². The number of allylic oxidation sites excluding steroid dienone is 2. The first-order valence-corrected chi connectivity index (χ1v) is 9.56. The summed E-state index contributed by atoms with van der Waals surface area (Å²) >= 11 is 0. The van der Waals surface area contributed by atoms with Gasteiger partial charge in [-0.05, 0) is 79.5 Å². The van der Waals surface area contributed by atoms with Gasteiger partial charge in [0.05, 0.1) is 20.1 Å². The summed E-state index contributed by atoms with van der Waals surface area (Å²) in [4.78, 5) is 25.6. The Labute approximate surface area is 173 Å². The quantitative estimate of drug-likeness (QED) is 0.494. The van der Waals surface area contributed by atoms with Gasteiger partial charge in [-0.3, -0.25) is 9.59 Å². The minimum absolute atomic E-state index is 0.284. The molecule has 4 nitrogen and oxygen atoms in total. The average Bonchev–Trinajstić information content (AvgIpc) is 2.74. The summed E-state index contributed by atoms with van der Waals surface area (Å²) in [5.74, 6) is -1.48. The third kappa shape index (κ3) is 4.82. The van der Waals surface area contributed by atoms with Crippen molar-refractivity contribution in [2.45, 2.75) is 19.3 Å². The number of rotatable bonds is 6. The maximum atomic E-state index is 13.6. The predicted molar refractivity (Wildman–Crippen MR) is 110 cm³/mol. The lowest BCUT2D eigenvalue weighted by atomic mass is 9.81. The summed E-state index contributed by atoms with van der Waals surface area (Å²) in [5.41, 5.74) is 1.32. The van der Waals surface area contributed by atoms with Crippen molar-refractivity contribution in [2.24, 2.45) is 5.92 Å². The number of methoxy groups -OCH3 is 2. The second-order valence-electron chi connectivity index (χ2n) is 6.99. The molecule has 2 aromatic rings. The van der Waals surface area contributed by atoms with E-state index in [4.69, 9.17) is 9.47 Å². The van der Waals surface area contributed by atoms with Gasteiger partial charge >= 0.3 is 0 Å². The molecule has 0 aromatic heterocycles. The summed E-state index contributed by atoms with van der Waals surface area (Å²) < 4.78 is 37.5. The standard InChI is InChI=1S/C24H22F2O4/c1-29-22-10-7-18(25)13-15(22)6-9-21(27)20-5-3-4-16(24(20)28)12-17-14-19(26)8-11-23(17)30-2/h6-14,20H,3-5H2,1-2H3/b9-6+,16-12+. The van der Waals surface area contributed by atoms with Crippen LogP contribution in [0.5, 0.6) is 11.5 Å². The van der Waals surface area contributed by atoms with Gasteiger partial charge in [-0.25, -0.2) is 8.78 Å². The van der Waals surface area contributed by atoms with Gasteiger partial charge in [0, 0.05) is 11.1 Å². The fourth-order valence-corrected chi connectivity index (χ4v) is 3.52. The Bertz CT molecular complexity index is 1020. The predicted octanol–water partition coefficient (Wildman–Crippen LogP) is 5.02. The molecule has 0 heterocycles. The zero-order valence-electron chi connectivity index (χ0n) is 16.8. The van der Waals surface area contributed by atoms with Gasteiger partial charge in [0.15, 0.2) is 11.6 Å². The van der Waals surface area contributed by atoms with Gasteiger partial charge in [-0.1, -0.05) is 0 Å². The molecule has 0 spiro atoms. The molecule has 1 aliphatic carbocycles. The molecule has 1 unspecified atom stereocenters. The molecule has 2 aromatic carbocycles. The number of benzene rings is 2. The number of ketones is 2. The Kier molecular flexibility index (Phi) is 6.77. The molecule has 1 atom stereocenters. The van der Waals surface area contributed by atoms with E-state index in [9.17, 15) is 18.4 Å². The molecular weight excluding hydrogens is 390 g/mol. The Morgan fingerprint density at radius 3 is 2.23 bits per heavy atom. The first kappa shape index (κ1) is 21.4. The summed E-state index contributed by atoms with van der Waals surface area (Å²) in [6.07, 6.45) is 5.91. The minimum atomic E-state index is -0.819. The lowest BCUT2D eigenvalue weighted by molar-refractivity contribution is -0.129. The molecule has 0 bridgehead atoms. The monoisotopic (exact) mass is 412 g/mol. The number of carbonyl (C=O) groups excluding carboxylic acids is 2. The highest BCUT2D eigenvalue weighted by Gasteiger charge is 2.31. The van der Waals surface area contributed by atoms with E-state index in [0.717, 1.165) is 0 Å². The van der Waals surface area contributed by atoms with E-state index in [1.807, 2.05) is 0 Å². The van der Waals surface area contributed by atoms with Gasteiger partial charge < -0.3 is 9.47 Å². The van der Waals surface area contributed by atoms with Crippen LogP contribution in [0, 0.1) is 17.6 Å². The summed E-state index contributed by atoms with van der Waals surface area (Å²) in [7, 11) is 2.92. The molecule has 0 aliphatic heterocycles. The first-order chi connectivity index (χ1) is 14.4. The molecule has 0 amide bonds. The second kappa shape index (κ2) is 9.48. The van der Waals surface area contributed by atoms with Crippen LogP contribution in [-0.4, -0.2) is 25.8 Å². The Morgan fingerprint density at radius 2 is 1.60 bits per heavy atom. The maximum absolute atomic E-state index is 13.6. The van der Waals surface area contributed by atoms with E-state index in [0.29, 0.717) is 47.5 Å². The van der Waals surface area contributed by atoms with Crippen LogP contribution in [0.4, 0.5) is 8.78 Å². The van der Waals surface area contributed by atoms with Gasteiger partial charge in [0.25, 0.3) is 0 Å². The summed E-state index contributed by atoms with van der Waals surface area (Å²) in [6.45, 7) is 0. The zero-order valence-corrected chi connectivity index (χ0v) is 16.8. The molecule has 0 radical (unpaired) electrons. The van der Waals surface area contributed by atoms with Crippen LogP contribution in [0.15, 0.2) is 48.0 Å². The van der Waals surface area contributed by atoms with E-state index in [1.165, 1.54) is 62.8 Å². The highest BCUT2D eigenvalue weighted by atomic mass is 19.1. The highest BCUT2D eigenvalue weighted by Crippen LogP contribution is 2.31. The van der Waals surface area contributed by atoms with Crippen molar-refractivity contribution in [3.05, 3.63) is 70.8 Å². The van der Waals surface area contributed by atoms with Crippen LogP contribution in [-0.2, 0) is 9.59 Å².